The summed E-state index contributed by atoms with van der Waals surface area (Å²) >= 11 is 0. The Kier molecular flexibility index (Phi) is 4.83. The van der Waals surface area contributed by atoms with E-state index in [1.165, 1.54) is 7.11 Å². The first-order valence-corrected chi connectivity index (χ1v) is 5.67. The fourth-order valence-corrected chi connectivity index (χ4v) is 1.32. The predicted molar refractivity (Wildman–Crippen MR) is 64.5 cm³/mol. The predicted octanol–water partition coefficient (Wildman–Crippen LogP) is 2.86. The van der Waals surface area contributed by atoms with Crippen molar-refractivity contribution in [2.24, 2.45) is 0 Å². The Morgan fingerprint density at radius 1 is 1.32 bits per heavy atom. The summed E-state index contributed by atoms with van der Waals surface area (Å²) < 4.78 is 37.2. The molecule has 0 bridgehead atoms. The molecule has 0 radical (unpaired) electrons. The minimum atomic E-state index is -1.40. The number of methoxy groups -OCH3 is 1. The summed E-state index contributed by atoms with van der Waals surface area (Å²) in [6.45, 7) is 3.69. The van der Waals surface area contributed by atoms with Gasteiger partial charge >= 0.3 is 5.97 Å². The van der Waals surface area contributed by atoms with Gasteiger partial charge in [0.05, 0.1) is 17.8 Å². The quantitative estimate of drug-likeness (QED) is 0.866. The normalized spacial score (nSPS) is 11.4. The van der Waals surface area contributed by atoms with Crippen molar-refractivity contribution in [2.75, 3.05) is 13.7 Å². The molecule has 0 saturated heterocycles. The monoisotopic (exact) mass is 274 g/mol. The number of carboxylic acids is 1. The van der Waals surface area contributed by atoms with Gasteiger partial charge in [-0.15, -0.1) is 0 Å². The smallest absolute Gasteiger partial charge is 0.335 e. The van der Waals surface area contributed by atoms with Gasteiger partial charge in [0.15, 0.2) is 17.4 Å². The standard InChI is InChI=1S/C13H16F2O4/c1-13(2,18-3)4-5-19-11-9(14)6-8(12(16)17)7-10(11)15/h6-7H,4-5H2,1-3H3,(H,16,17). The lowest BCUT2D eigenvalue weighted by atomic mass is 10.1. The lowest BCUT2D eigenvalue weighted by molar-refractivity contribution is 0.00478. The molecule has 4 nitrogen and oxygen atoms in total. The summed E-state index contributed by atoms with van der Waals surface area (Å²) in [5.41, 5.74) is -0.923. The van der Waals surface area contributed by atoms with Crippen LogP contribution in [0.4, 0.5) is 8.78 Å². The SMILES string of the molecule is COC(C)(C)CCOc1c(F)cc(C(=O)O)cc1F. The topological polar surface area (TPSA) is 55.8 Å². The summed E-state index contributed by atoms with van der Waals surface area (Å²) in [5, 5.41) is 8.65. The van der Waals surface area contributed by atoms with Crippen molar-refractivity contribution < 1.29 is 28.2 Å². The van der Waals surface area contributed by atoms with Crippen LogP contribution < -0.4 is 4.74 Å². The van der Waals surface area contributed by atoms with Gasteiger partial charge in [0.1, 0.15) is 0 Å². The first-order chi connectivity index (χ1) is 8.76. The second-order valence-electron chi connectivity index (χ2n) is 4.64. The van der Waals surface area contributed by atoms with E-state index in [9.17, 15) is 13.6 Å². The molecule has 1 aromatic carbocycles. The summed E-state index contributed by atoms with van der Waals surface area (Å²) in [7, 11) is 1.53. The highest BCUT2D eigenvalue weighted by molar-refractivity contribution is 5.87. The van der Waals surface area contributed by atoms with Crippen molar-refractivity contribution in [3.8, 4) is 5.75 Å². The van der Waals surface area contributed by atoms with Gasteiger partial charge in [0.2, 0.25) is 0 Å². The van der Waals surface area contributed by atoms with Gasteiger partial charge in [-0.3, -0.25) is 0 Å². The number of hydrogen-bond donors (Lipinski definition) is 1. The van der Waals surface area contributed by atoms with Crippen LogP contribution in [0, 0.1) is 11.6 Å². The van der Waals surface area contributed by atoms with Crippen molar-refractivity contribution in [3.63, 3.8) is 0 Å². The van der Waals surface area contributed by atoms with Crippen molar-refractivity contribution in [3.05, 3.63) is 29.3 Å². The van der Waals surface area contributed by atoms with E-state index in [0.29, 0.717) is 6.42 Å². The molecule has 1 N–H and O–H groups in total. The van der Waals surface area contributed by atoms with E-state index >= 15 is 0 Å². The number of halogens is 2. The highest BCUT2D eigenvalue weighted by Gasteiger charge is 2.19. The molecule has 0 unspecified atom stereocenters. The van der Waals surface area contributed by atoms with Crippen LogP contribution in [-0.4, -0.2) is 30.4 Å². The van der Waals surface area contributed by atoms with Gasteiger partial charge < -0.3 is 14.6 Å². The third-order valence-electron chi connectivity index (χ3n) is 2.75. The molecule has 6 heteroatoms. The Hall–Kier alpha value is -1.69. The fourth-order valence-electron chi connectivity index (χ4n) is 1.32. The van der Waals surface area contributed by atoms with Crippen molar-refractivity contribution in [1.82, 2.24) is 0 Å². The van der Waals surface area contributed by atoms with E-state index < -0.39 is 34.5 Å². The largest absolute Gasteiger partial charge is 0.487 e. The third kappa shape index (κ3) is 4.17. The molecule has 0 aromatic heterocycles. The summed E-state index contributed by atoms with van der Waals surface area (Å²) in [6.07, 6.45) is 0.434. The van der Waals surface area contributed by atoms with Gasteiger partial charge in [0, 0.05) is 13.5 Å². The zero-order valence-electron chi connectivity index (χ0n) is 11.0. The molecule has 1 aromatic rings. The highest BCUT2D eigenvalue weighted by Crippen LogP contribution is 2.24. The van der Waals surface area contributed by atoms with Crippen molar-refractivity contribution >= 4 is 5.97 Å². The van der Waals surface area contributed by atoms with Crippen LogP contribution in [0.2, 0.25) is 0 Å². The van der Waals surface area contributed by atoms with E-state index in [4.69, 9.17) is 14.6 Å². The van der Waals surface area contributed by atoms with Crippen LogP contribution in [-0.2, 0) is 4.74 Å². The van der Waals surface area contributed by atoms with Gasteiger partial charge in [0.25, 0.3) is 0 Å². The van der Waals surface area contributed by atoms with E-state index in [1.54, 1.807) is 0 Å². The van der Waals surface area contributed by atoms with Gasteiger partial charge in [-0.05, 0) is 26.0 Å². The van der Waals surface area contributed by atoms with E-state index in [1.807, 2.05) is 13.8 Å². The highest BCUT2D eigenvalue weighted by atomic mass is 19.1. The molecule has 1 rings (SSSR count). The molecule has 0 heterocycles. The average Bonchev–Trinajstić information content (AvgIpc) is 2.32. The molecular weight excluding hydrogens is 258 g/mol. The van der Waals surface area contributed by atoms with E-state index in [2.05, 4.69) is 0 Å². The summed E-state index contributed by atoms with van der Waals surface area (Å²) in [5.74, 6) is -4.04. The molecule has 0 spiro atoms. The van der Waals surface area contributed by atoms with Crippen LogP contribution in [0.5, 0.6) is 5.75 Å². The summed E-state index contributed by atoms with van der Waals surface area (Å²) in [4.78, 5) is 10.6. The molecule has 19 heavy (non-hydrogen) atoms. The van der Waals surface area contributed by atoms with Gasteiger partial charge in [-0.25, -0.2) is 13.6 Å². The van der Waals surface area contributed by atoms with Crippen molar-refractivity contribution in [2.45, 2.75) is 25.9 Å². The number of ether oxygens (including phenoxy) is 2. The Bertz CT molecular complexity index is 449. The minimum Gasteiger partial charge on any atom is -0.487 e. The number of aromatic carboxylic acids is 1. The first-order valence-electron chi connectivity index (χ1n) is 5.67. The Morgan fingerprint density at radius 2 is 1.84 bits per heavy atom. The molecule has 0 aliphatic rings. The Labute approximate surface area is 109 Å². The van der Waals surface area contributed by atoms with E-state index in [0.717, 1.165) is 12.1 Å². The number of carbonyl (C=O) groups is 1. The maximum Gasteiger partial charge on any atom is 0.335 e. The lowest BCUT2D eigenvalue weighted by Gasteiger charge is -2.22. The molecular formula is C13H16F2O4. The maximum atomic E-state index is 13.5. The van der Waals surface area contributed by atoms with Gasteiger partial charge in [-0.2, -0.15) is 0 Å². The lowest BCUT2D eigenvalue weighted by Crippen LogP contribution is -2.25. The number of rotatable bonds is 6. The molecule has 0 amide bonds. The summed E-state index contributed by atoms with van der Waals surface area (Å²) in [6, 6.07) is 1.45. The molecule has 0 fully saturated rings. The Morgan fingerprint density at radius 3 is 2.26 bits per heavy atom. The number of carboxylic acid groups (broad SMARTS) is 1. The van der Waals surface area contributed by atoms with Crippen LogP contribution in [0.3, 0.4) is 0 Å². The van der Waals surface area contributed by atoms with Crippen LogP contribution in [0.15, 0.2) is 12.1 Å². The van der Waals surface area contributed by atoms with E-state index in [-0.39, 0.29) is 6.61 Å². The fraction of sp³-hybridized carbons (Fsp3) is 0.462. The van der Waals surface area contributed by atoms with Crippen molar-refractivity contribution in [1.29, 1.82) is 0 Å². The molecule has 0 aliphatic heterocycles. The third-order valence-corrected chi connectivity index (χ3v) is 2.75. The molecule has 0 saturated carbocycles. The molecule has 106 valence electrons. The molecule has 0 aliphatic carbocycles. The number of benzene rings is 1. The van der Waals surface area contributed by atoms with Crippen LogP contribution in [0.1, 0.15) is 30.6 Å². The van der Waals surface area contributed by atoms with Crippen LogP contribution >= 0.6 is 0 Å². The first kappa shape index (κ1) is 15.4. The number of hydrogen-bond acceptors (Lipinski definition) is 3. The Balaban J connectivity index is 2.77. The average molecular weight is 274 g/mol. The maximum absolute atomic E-state index is 13.5. The molecule has 0 atom stereocenters. The van der Waals surface area contributed by atoms with Gasteiger partial charge in [-0.1, -0.05) is 0 Å². The minimum absolute atomic E-state index is 0.0566. The zero-order valence-corrected chi connectivity index (χ0v) is 11.0. The second-order valence-corrected chi connectivity index (χ2v) is 4.64. The van der Waals surface area contributed by atoms with Crippen LogP contribution in [0.25, 0.3) is 0 Å². The zero-order chi connectivity index (χ0) is 14.6. The second kappa shape index (κ2) is 5.97.